The summed E-state index contributed by atoms with van der Waals surface area (Å²) >= 11 is 0. The van der Waals surface area contributed by atoms with E-state index in [0.717, 1.165) is 6.42 Å². The summed E-state index contributed by atoms with van der Waals surface area (Å²) in [7, 11) is 1.82. The predicted octanol–water partition coefficient (Wildman–Crippen LogP) is -1.24. The maximum atomic E-state index is 8.91. The van der Waals surface area contributed by atoms with Gasteiger partial charge >= 0.3 is 0 Å². The van der Waals surface area contributed by atoms with Crippen molar-refractivity contribution >= 4 is 0 Å². The first-order valence-electron chi connectivity index (χ1n) is 3.61. The topological polar surface area (TPSA) is 84.0 Å². The molecule has 0 atom stereocenters. The quantitative estimate of drug-likeness (QED) is 0.476. The van der Waals surface area contributed by atoms with Crippen LogP contribution in [0.2, 0.25) is 0 Å². The van der Waals surface area contributed by atoms with Crippen LogP contribution in [0.5, 0.6) is 0 Å². The molecule has 0 amide bonds. The molecule has 0 bridgehead atoms. The van der Waals surface area contributed by atoms with Crippen LogP contribution in [0.4, 0.5) is 0 Å². The number of aliphatic hydroxyl groups is 2. The van der Waals surface area contributed by atoms with E-state index in [1.165, 1.54) is 0 Å². The summed E-state index contributed by atoms with van der Waals surface area (Å²) in [6, 6.07) is 0. The van der Waals surface area contributed by atoms with Gasteiger partial charge in [0.1, 0.15) is 0 Å². The Labute approximate surface area is 67.5 Å². The normalized spacial score (nSPS) is 10.9. The van der Waals surface area contributed by atoms with Crippen molar-refractivity contribution in [1.82, 2.24) is 5.32 Å². The van der Waals surface area contributed by atoms with Crippen LogP contribution in [0, 0.1) is 5.41 Å². The number of rotatable bonds is 5. The van der Waals surface area contributed by atoms with Crippen molar-refractivity contribution in [2.45, 2.75) is 13.3 Å². The molecule has 0 heterocycles. The molecule has 5 N–H and O–H groups in total. The standard InChI is InChI=1S/C7H17NO2.H2O/c1-3-7(5-9,6-10)4-8-2;/h8-10H,3-6H2,1-2H3;1H2. The van der Waals surface area contributed by atoms with Gasteiger partial charge in [-0.2, -0.15) is 0 Å². The monoisotopic (exact) mass is 165 g/mol. The van der Waals surface area contributed by atoms with Gasteiger partial charge in [-0.3, -0.25) is 0 Å². The molecule has 0 aliphatic rings. The van der Waals surface area contributed by atoms with E-state index >= 15 is 0 Å². The minimum Gasteiger partial charge on any atom is -0.412 e. The Balaban J connectivity index is 0. The van der Waals surface area contributed by atoms with E-state index in [0.29, 0.717) is 6.54 Å². The van der Waals surface area contributed by atoms with Crippen LogP contribution < -0.4 is 5.32 Å². The highest BCUT2D eigenvalue weighted by atomic mass is 16.3. The molecular weight excluding hydrogens is 146 g/mol. The summed E-state index contributed by atoms with van der Waals surface area (Å²) in [6.07, 6.45) is 0.792. The van der Waals surface area contributed by atoms with E-state index in [-0.39, 0.29) is 24.1 Å². The van der Waals surface area contributed by atoms with E-state index in [1.54, 1.807) is 0 Å². The Hall–Kier alpha value is -0.160. The molecule has 0 fully saturated rings. The van der Waals surface area contributed by atoms with Gasteiger partial charge in [0.2, 0.25) is 0 Å². The van der Waals surface area contributed by atoms with E-state index < -0.39 is 0 Å². The zero-order valence-electron chi connectivity index (χ0n) is 7.22. The van der Waals surface area contributed by atoms with Crippen LogP contribution in [-0.2, 0) is 0 Å². The SMILES string of the molecule is CCC(CO)(CO)CNC.O. The van der Waals surface area contributed by atoms with Crippen molar-refractivity contribution in [3.05, 3.63) is 0 Å². The molecule has 0 spiro atoms. The molecule has 0 aromatic heterocycles. The molecule has 0 saturated heterocycles. The minimum absolute atomic E-state index is 0. The Bertz CT molecular complexity index is 75.5. The third-order valence-corrected chi connectivity index (χ3v) is 1.97. The first kappa shape index (κ1) is 13.4. The van der Waals surface area contributed by atoms with Crippen LogP contribution in [0.15, 0.2) is 0 Å². The summed E-state index contributed by atoms with van der Waals surface area (Å²) in [6.45, 7) is 2.71. The average Bonchev–Trinajstić information content (AvgIpc) is 2.01. The molecule has 11 heavy (non-hydrogen) atoms. The highest BCUT2D eigenvalue weighted by Crippen LogP contribution is 2.18. The maximum Gasteiger partial charge on any atom is 0.0521 e. The summed E-state index contributed by atoms with van der Waals surface area (Å²) < 4.78 is 0. The Morgan fingerprint density at radius 1 is 1.27 bits per heavy atom. The lowest BCUT2D eigenvalue weighted by atomic mass is 9.87. The highest BCUT2D eigenvalue weighted by molar-refractivity contribution is 4.77. The lowest BCUT2D eigenvalue weighted by molar-refractivity contribution is 0.0527. The molecule has 0 aromatic carbocycles. The number of nitrogens with one attached hydrogen (secondary N) is 1. The third-order valence-electron chi connectivity index (χ3n) is 1.97. The first-order chi connectivity index (χ1) is 4.74. The van der Waals surface area contributed by atoms with Crippen LogP contribution in [0.3, 0.4) is 0 Å². The molecule has 0 saturated carbocycles. The number of hydrogen-bond donors (Lipinski definition) is 3. The van der Waals surface area contributed by atoms with Crippen LogP contribution in [0.25, 0.3) is 0 Å². The molecule has 4 heteroatoms. The number of aliphatic hydroxyl groups excluding tert-OH is 2. The Morgan fingerprint density at radius 3 is 1.82 bits per heavy atom. The van der Waals surface area contributed by atoms with Gasteiger partial charge in [-0.15, -0.1) is 0 Å². The summed E-state index contributed by atoms with van der Waals surface area (Å²) in [4.78, 5) is 0. The van der Waals surface area contributed by atoms with Crippen molar-refractivity contribution in [3.8, 4) is 0 Å². The zero-order valence-corrected chi connectivity index (χ0v) is 7.22. The van der Waals surface area contributed by atoms with Crippen molar-refractivity contribution < 1.29 is 15.7 Å². The van der Waals surface area contributed by atoms with Crippen molar-refractivity contribution in [2.75, 3.05) is 26.8 Å². The molecule has 0 rings (SSSR count). The van der Waals surface area contributed by atoms with E-state index in [2.05, 4.69) is 5.32 Å². The fraction of sp³-hybridized carbons (Fsp3) is 1.00. The van der Waals surface area contributed by atoms with Crippen LogP contribution in [0.1, 0.15) is 13.3 Å². The van der Waals surface area contributed by atoms with Gasteiger partial charge in [-0.1, -0.05) is 6.92 Å². The van der Waals surface area contributed by atoms with Crippen LogP contribution in [-0.4, -0.2) is 42.5 Å². The lowest BCUT2D eigenvalue weighted by Gasteiger charge is -2.27. The van der Waals surface area contributed by atoms with E-state index in [1.807, 2.05) is 14.0 Å². The van der Waals surface area contributed by atoms with E-state index in [4.69, 9.17) is 10.2 Å². The second kappa shape index (κ2) is 6.54. The van der Waals surface area contributed by atoms with Gasteiger partial charge in [0.25, 0.3) is 0 Å². The lowest BCUT2D eigenvalue weighted by Crippen LogP contribution is -2.38. The Morgan fingerprint density at radius 2 is 1.73 bits per heavy atom. The third kappa shape index (κ3) is 3.67. The predicted molar refractivity (Wildman–Crippen MR) is 44.4 cm³/mol. The molecule has 0 aliphatic carbocycles. The largest absolute Gasteiger partial charge is 0.412 e. The summed E-state index contributed by atoms with van der Waals surface area (Å²) in [5.41, 5.74) is -0.325. The fourth-order valence-corrected chi connectivity index (χ4v) is 0.885. The molecule has 4 nitrogen and oxygen atoms in total. The molecule has 70 valence electrons. The highest BCUT2D eigenvalue weighted by Gasteiger charge is 2.25. The Kier molecular flexibility index (Phi) is 7.99. The molecule has 0 aliphatic heterocycles. The molecular formula is C7H19NO3. The van der Waals surface area contributed by atoms with Gasteiger partial charge < -0.3 is 21.0 Å². The second-order valence-corrected chi connectivity index (χ2v) is 2.70. The van der Waals surface area contributed by atoms with Gasteiger partial charge in [0, 0.05) is 12.0 Å². The van der Waals surface area contributed by atoms with Crippen molar-refractivity contribution in [2.24, 2.45) is 5.41 Å². The molecule has 0 aromatic rings. The average molecular weight is 165 g/mol. The smallest absolute Gasteiger partial charge is 0.0521 e. The fourth-order valence-electron chi connectivity index (χ4n) is 0.885. The molecule has 0 radical (unpaired) electrons. The second-order valence-electron chi connectivity index (χ2n) is 2.70. The molecule has 0 unspecified atom stereocenters. The van der Waals surface area contributed by atoms with Crippen LogP contribution >= 0.6 is 0 Å². The van der Waals surface area contributed by atoms with Gasteiger partial charge in [0.05, 0.1) is 13.2 Å². The summed E-state index contributed by atoms with van der Waals surface area (Å²) in [5, 5.41) is 20.8. The first-order valence-corrected chi connectivity index (χ1v) is 3.61. The van der Waals surface area contributed by atoms with Gasteiger partial charge in [-0.05, 0) is 13.5 Å². The summed E-state index contributed by atoms with van der Waals surface area (Å²) in [5.74, 6) is 0. The zero-order chi connectivity index (χ0) is 8.04. The van der Waals surface area contributed by atoms with Crippen molar-refractivity contribution in [3.63, 3.8) is 0 Å². The number of hydrogen-bond acceptors (Lipinski definition) is 3. The van der Waals surface area contributed by atoms with E-state index in [9.17, 15) is 0 Å². The van der Waals surface area contributed by atoms with Gasteiger partial charge in [-0.25, -0.2) is 0 Å². The minimum atomic E-state index is -0.325. The van der Waals surface area contributed by atoms with Gasteiger partial charge in [0.15, 0.2) is 0 Å². The van der Waals surface area contributed by atoms with Crippen molar-refractivity contribution in [1.29, 1.82) is 0 Å². The maximum absolute atomic E-state index is 8.91.